The molecule has 1 amide bonds. The molecule has 1 aliphatic rings. The number of aliphatic hydroxyl groups excluding tert-OH is 1. The van der Waals surface area contributed by atoms with Crippen molar-refractivity contribution in [2.75, 3.05) is 30.5 Å². The number of carbonyl (C=O) groups is 2. The number of ether oxygens (including phenoxy) is 2. The molecule has 5 rings (SSSR count). The van der Waals surface area contributed by atoms with Crippen molar-refractivity contribution in [3.05, 3.63) is 125 Å². The zero-order valence-electron chi connectivity index (χ0n) is 24.2. The lowest BCUT2D eigenvalue weighted by atomic mass is 9.94. The molecule has 1 atom stereocenters. The molecular weight excluding hydrogens is 528 g/mol. The molecule has 1 unspecified atom stereocenters. The fraction of sp³-hybridized carbons (Fsp3) is 0.200. The molecule has 4 aromatic rings. The Morgan fingerprint density at radius 1 is 0.881 bits per heavy atom. The van der Waals surface area contributed by atoms with Gasteiger partial charge in [0, 0.05) is 31.0 Å². The molecule has 1 heterocycles. The van der Waals surface area contributed by atoms with Gasteiger partial charge < -0.3 is 19.5 Å². The van der Waals surface area contributed by atoms with Crippen LogP contribution in [0, 0.1) is 6.92 Å². The normalized spacial score (nSPS) is 16.0. The van der Waals surface area contributed by atoms with Gasteiger partial charge in [-0.25, -0.2) is 0 Å². The monoisotopic (exact) mass is 562 g/mol. The Kier molecular flexibility index (Phi) is 8.29. The molecule has 0 bridgehead atoms. The third-order valence-electron chi connectivity index (χ3n) is 7.28. The van der Waals surface area contributed by atoms with Gasteiger partial charge in [0.25, 0.3) is 11.7 Å². The van der Waals surface area contributed by atoms with Crippen LogP contribution >= 0.6 is 0 Å². The summed E-state index contributed by atoms with van der Waals surface area (Å²) in [5, 5.41) is 11.6. The number of rotatable bonds is 9. The van der Waals surface area contributed by atoms with Crippen LogP contribution in [0.5, 0.6) is 11.5 Å². The van der Waals surface area contributed by atoms with Gasteiger partial charge in [0.2, 0.25) is 0 Å². The van der Waals surface area contributed by atoms with Gasteiger partial charge in [-0.2, -0.15) is 0 Å². The smallest absolute Gasteiger partial charge is 0.300 e. The van der Waals surface area contributed by atoms with Crippen LogP contribution in [0.1, 0.15) is 35.2 Å². The average Bonchev–Trinajstić information content (AvgIpc) is 3.27. The average molecular weight is 563 g/mol. The Bertz CT molecular complexity index is 1610. The molecule has 0 saturated carbocycles. The van der Waals surface area contributed by atoms with Crippen LogP contribution in [-0.4, -0.2) is 37.5 Å². The van der Waals surface area contributed by atoms with Crippen molar-refractivity contribution in [2.45, 2.75) is 26.5 Å². The summed E-state index contributed by atoms with van der Waals surface area (Å²) in [5.74, 6) is -0.342. The molecule has 1 N–H and O–H groups in total. The highest BCUT2D eigenvalue weighted by Gasteiger charge is 2.47. The molecule has 42 heavy (non-hydrogen) atoms. The maximum atomic E-state index is 13.6. The summed E-state index contributed by atoms with van der Waals surface area (Å²) in [6.07, 6.45) is 0. The summed E-state index contributed by atoms with van der Waals surface area (Å²) >= 11 is 0. The standard InChI is InChI=1S/C35H34N2O5/c1-5-41-29-18-11-25(12-19-29)32-31(34(39)35(40)37(32)28-16-14-27(15-17-28)36(3)4)33(38)26-13-20-30(23(2)21-26)42-22-24-9-7-6-8-10-24/h6-21,32,38H,5,22H2,1-4H3/b33-31-. The number of hydrogen-bond donors (Lipinski definition) is 1. The summed E-state index contributed by atoms with van der Waals surface area (Å²) in [4.78, 5) is 30.5. The zero-order chi connectivity index (χ0) is 29.8. The molecule has 1 fully saturated rings. The van der Waals surface area contributed by atoms with E-state index in [0.717, 1.165) is 16.8 Å². The number of benzene rings is 4. The van der Waals surface area contributed by atoms with Gasteiger partial charge in [0.1, 0.15) is 23.9 Å². The van der Waals surface area contributed by atoms with Gasteiger partial charge in [-0.05, 0) is 85.1 Å². The molecule has 7 heteroatoms. The predicted molar refractivity (Wildman–Crippen MR) is 165 cm³/mol. The Hall–Kier alpha value is -5.04. The number of Topliss-reactive ketones (excluding diaryl/α,β-unsaturated/α-hetero) is 1. The SMILES string of the molecule is CCOc1ccc(C2/C(=C(/O)c3ccc(OCc4ccccc4)c(C)c3)C(=O)C(=O)N2c2ccc(N(C)C)cc2)cc1. The topological polar surface area (TPSA) is 79.3 Å². The van der Waals surface area contributed by atoms with Crippen LogP contribution in [0.25, 0.3) is 5.76 Å². The second-order valence-electron chi connectivity index (χ2n) is 10.3. The van der Waals surface area contributed by atoms with Crippen molar-refractivity contribution >= 4 is 28.8 Å². The fourth-order valence-electron chi connectivity index (χ4n) is 5.09. The third kappa shape index (κ3) is 5.72. The summed E-state index contributed by atoms with van der Waals surface area (Å²) in [6.45, 7) is 4.70. The quantitative estimate of drug-likeness (QED) is 0.140. The summed E-state index contributed by atoms with van der Waals surface area (Å²) < 4.78 is 11.6. The Morgan fingerprint density at radius 3 is 2.19 bits per heavy atom. The lowest BCUT2D eigenvalue weighted by Gasteiger charge is -2.26. The van der Waals surface area contributed by atoms with Crippen molar-refractivity contribution < 1.29 is 24.2 Å². The minimum atomic E-state index is -0.833. The van der Waals surface area contributed by atoms with E-state index in [9.17, 15) is 14.7 Å². The first-order chi connectivity index (χ1) is 20.3. The molecule has 0 aliphatic carbocycles. The van der Waals surface area contributed by atoms with Crippen LogP contribution < -0.4 is 19.3 Å². The first-order valence-electron chi connectivity index (χ1n) is 13.9. The zero-order valence-corrected chi connectivity index (χ0v) is 24.2. The van der Waals surface area contributed by atoms with Crippen molar-refractivity contribution in [1.82, 2.24) is 0 Å². The summed E-state index contributed by atoms with van der Waals surface area (Å²) in [5.41, 5.74) is 4.48. The first-order valence-corrected chi connectivity index (χ1v) is 13.9. The van der Waals surface area contributed by atoms with E-state index in [4.69, 9.17) is 9.47 Å². The van der Waals surface area contributed by atoms with Gasteiger partial charge in [-0.3, -0.25) is 14.5 Å². The first kappa shape index (κ1) is 28.5. The number of amides is 1. The van der Waals surface area contributed by atoms with Crippen LogP contribution in [-0.2, 0) is 16.2 Å². The lowest BCUT2D eigenvalue weighted by molar-refractivity contribution is -0.132. The number of ketones is 1. The number of nitrogens with zero attached hydrogens (tertiary/aromatic N) is 2. The minimum absolute atomic E-state index is 0.0261. The highest BCUT2D eigenvalue weighted by molar-refractivity contribution is 6.51. The van der Waals surface area contributed by atoms with E-state index in [1.165, 1.54) is 4.90 Å². The van der Waals surface area contributed by atoms with E-state index >= 15 is 0 Å². The molecule has 1 saturated heterocycles. The van der Waals surface area contributed by atoms with Crippen LogP contribution in [0.2, 0.25) is 0 Å². The molecule has 0 radical (unpaired) electrons. The Morgan fingerprint density at radius 2 is 1.57 bits per heavy atom. The van der Waals surface area contributed by atoms with Crippen molar-refractivity contribution in [2.24, 2.45) is 0 Å². The van der Waals surface area contributed by atoms with E-state index in [1.54, 1.807) is 30.3 Å². The number of carbonyl (C=O) groups excluding carboxylic acids is 2. The van der Waals surface area contributed by atoms with Gasteiger partial charge in [-0.15, -0.1) is 0 Å². The van der Waals surface area contributed by atoms with Gasteiger partial charge in [0.05, 0.1) is 18.2 Å². The Labute approximate surface area is 246 Å². The summed E-state index contributed by atoms with van der Waals surface area (Å²) in [6, 6.07) is 28.9. The molecular formula is C35H34N2O5. The van der Waals surface area contributed by atoms with E-state index < -0.39 is 17.7 Å². The summed E-state index contributed by atoms with van der Waals surface area (Å²) in [7, 11) is 3.86. The lowest BCUT2D eigenvalue weighted by Crippen LogP contribution is -2.29. The third-order valence-corrected chi connectivity index (χ3v) is 7.28. The maximum absolute atomic E-state index is 13.6. The highest BCUT2D eigenvalue weighted by Crippen LogP contribution is 2.43. The van der Waals surface area contributed by atoms with Crippen molar-refractivity contribution in [1.29, 1.82) is 0 Å². The number of anilines is 2. The van der Waals surface area contributed by atoms with E-state index in [1.807, 2.05) is 99.6 Å². The van der Waals surface area contributed by atoms with Gasteiger partial charge in [0.15, 0.2) is 0 Å². The molecule has 1 aliphatic heterocycles. The predicted octanol–water partition coefficient (Wildman–Crippen LogP) is 6.67. The van der Waals surface area contributed by atoms with Crippen LogP contribution in [0.4, 0.5) is 11.4 Å². The largest absolute Gasteiger partial charge is 0.507 e. The number of aryl methyl sites for hydroxylation is 1. The van der Waals surface area contributed by atoms with Crippen molar-refractivity contribution in [3.8, 4) is 11.5 Å². The Balaban J connectivity index is 1.55. The van der Waals surface area contributed by atoms with E-state index in [2.05, 4.69) is 0 Å². The molecule has 7 nitrogen and oxygen atoms in total. The number of aliphatic hydroxyl groups is 1. The molecule has 4 aromatic carbocycles. The molecule has 0 spiro atoms. The molecule has 0 aromatic heterocycles. The van der Waals surface area contributed by atoms with Crippen LogP contribution in [0.15, 0.2) is 103 Å². The van der Waals surface area contributed by atoms with Crippen LogP contribution in [0.3, 0.4) is 0 Å². The maximum Gasteiger partial charge on any atom is 0.300 e. The fourth-order valence-corrected chi connectivity index (χ4v) is 5.09. The second-order valence-corrected chi connectivity index (χ2v) is 10.3. The second kappa shape index (κ2) is 12.2. The minimum Gasteiger partial charge on any atom is -0.507 e. The molecule has 214 valence electrons. The van der Waals surface area contributed by atoms with Gasteiger partial charge in [-0.1, -0.05) is 42.5 Å². The van der Waals surface area contributed by atoms with Gasteiger partial charge >= 0.3 is 0 Å². The highest BCUT2D eigenvalue weighted by atomic mass is 16.5. The van der Waals surface area contributed by atoms with E-state index in [0.29, 0.717) is 41.5 Å². The van der Waals surface area contributed by atoms with Crippen molar-refractivity contribution in [3.63, 3.8) is 0 Å². The van der Waals surface area contributed by atoms with E-state index in [-0.39, 0.29) is 11.3 Å². The number of hydrogen-bond acceptors (Lipinski definition) is 6.